The summed E-state index contributed by atoms with van der Waals surface area (Å²) in [5.74, 6) is -0.145. The van der Waals surface area contributed by atoms with Crippen LogP contribution in [0.4, 0.5) is 0 Å². The van der Waals surface area contributed by atoms with Gasteiger partial charge in [-0.05, 0) is 29.8 Å². The summed E-state index contributed by atoms with van der Waals surface area (Å²) < 4.78 is 1.72. The Labute approximate surface area is 148 Å². The maximum atomic E-state index is 12.0. The van der Waals surface area contributed by atoms with E-state index in [0.717, 1.165) is 5.56 Å². The second-order valence-electron chi connectivity index (χ2n) is 5.18. The van der Waals surface area contributed by atoms with E-state index in [2.05, 4.69) is 20.8 Å². The van der Waals surface area contributed by atoms with Gasteiger partial charge in [0.2, 0.25) is 5.91 Å². The highest BCUT2D eigenvalue weighted by molar-refractivity contribution is 6.30. The molecule has 3 rings (SSSR count). The molecular weight excluding hydrogens is 342 g/mol. The number of rotatable bonds is 4. The van der Waals surface area contributed by atoms with Gasteiger partial charge < -0.3 is 0 Å². The number of nitrogens with zero attached hydrogens (tertiary/aromatic N) is 3. The smallest absolute Gasteiger partial charge is 0.271 e. The first-order valence-electron chi connectivity index (χ1n) is 7.40. The van der Waals surface area contributed by atoms with E-state index in [1.807, 2.05) is 0 Å². The van der Waals surface area contributed by atoms with Gasteiger partial charge in [-0.25, -0.2) is 9.97 Å². The number of nitrogens with one attached hydrogen (secondary N) is 2. The summed E-state index contributed by atoms with van der Waals surface area (Å²) in [5.41, 5.74) is 5.86. The van der Waals surface area contributed by atoms with E-state index >= 15 is 0 Å². The van der Waals surface area contributed by atoms with E-state index in [-0.39, 0.29) is 12.3 Å². The highest BCUT2D eigenvalue weighted by atomic mass is 35.5. The van der Waals surface area contributed by atoms with Crippen molar-refractivity contribution in [3.63, 3.8) is 0 Å². The summed E-state index contributed by atoms with van der Waals surface area (Å²) in [7, 11) is 0. The minimum absolute atomic E-state index is 0.134. The summed E-state index contributed by atoms with van der Waals surface area (Å²) >= 11 is 5.79. The predicted octanol–water partition coefficient (Wildman–Crippen LogP) is 1.92. The molecule has 0 bridgehead atoms. The van der Waals surface area contributed by atoms with Crippen molar-refractivity contribution in [2.24, 2.45) is 0 Å². The first-order chi connectivity index (χ1) is 12.1. The molecule has 2 amide bonds. The van der Waals surface area contributed by atoms with E-state index in [9.17, 15) is 9.59 Å². The Bertz CT molecular complexity index is 861. The Morgan fingerprint density at radius 2 is 1.88 bits per heavy atom. The number of hydrazine groups is 1. The number of pyridine rings is 1. The third kappa shape index (κ3) is 4.42. The van der Waals surface area contributed by atoms with Crippen LogP contribution in [-0.4, -0.2) is 26.3 Å². The maximum absolute atomic E-state index is 12.0. The van der Waals surface area contributed by atoms with Gasteiger partial charge in [-0.3, -0.25) is 25.0 Å². The Balaban J connectivity index is 1.53. The fourth-order valence-electron chi connectivity index (χ4n) is 2.10. The molecule has 8 heteroatoms. The lowest BCUT2D eigenvalue weighted by atomic mass is 10.1. The van der Waals surface area contributed by atoms with E-state index in [4.69, 9.17) is 11.6 Å². The van der Waals surface area contributed by atoms with Crippen LogP contribution < -0.4 is 10.9 Å². The lowest BCUT2D eigenvalue weighted by Gasteiger charge is -2.08. The maximum Gasteiger partial charge on any atom is 0.271 e. The first kappa shape index (κ1) is 16.7. The van der Waals surface area contributed by atoms with Crippen LogP contribution in [0.5, 0.6) is 0 Å². The number of hydrogen-bond acceptors (Lipinski definition) is 4. The lowest BCUT2D eigenvalue weighted by Crippen LogP contribution is -2.42. The SMILES string of the molecule is O=C(Cc1ccc(Cl)cc1)NNC(=O)c1ccc(-n2ccnc2)nc1. The average molecular weight is 356 g/mol. The summed E-state index contributed by atoms with van der Waals surface area (Å²) in [4.78, 5) is 32.0. The van der Waals surface area contributed by atoms with E-state index in [0.29, 0.717) is 16.4 Å². The fourth-order valence-corrected chi connectivity index (χ4v) is 2.22. The monoisotopic (exact) mass is 355 g/mol. The van der Waals surface area contributed by atoms with Crippen molar-refractivity contribution in [1.29, 1.82) is 0 Å². The van der Waals surface area contributed by atoms with Crippen molar-refractivity contribution in [3.8, 4) is 5.82 Å². The van der Waals surface area contributed by atoms with Gasteiger partial charge in [0, 0.05) is 23.6 Å². The van der Waals surface area contributed by atoms with Gasteiger partial charge in [-0.1, -0.05) is 23.7 Å². The number of hydrogen-bond donors (Lipinski definition) is 2. The second kappa shape index (κ2) is 7.59. The fraction of sp³-hybridized carbons (Fsp3) is 0.0588. The Morgan fingerprint density at radius 3 is 2.52 bits per heavy atom. The third-order valence-electron chi connectivity index (χ3n) is 3.37. The van der Waals surface area contributed by atoms with Crippen molar-refractivity contribution in [2.45, 2.75) is 6.42 Å². The highest BCUT2D eigenvalue weighted by Crippen LogP contribution is 2.09. The molecule has 0 fully saturated rings. The summed E-state index contributed by atoms with van der Waals surface area (Å²) in [6, 6.07) is 10.2. The molecule has 0 saturated carbocycles. The molecule has 0 saturated heterocycles. The molecule has 1 aromatic carbocycles. The topological polar surface area (TPSA) is 88.9 Å². The number of benzene rings is 1. The Kier molecular flexibility index (Phi) is 5.06. The normalized spacial score (nSPS) is 10.3. The van der Waals surface area contributed by atoms with Crippen LogP contribution in [-0.2, 0) is 11.2 Å². The molecule has 126 valence electrons. The number of imidazole rings is 1. The molecule has 0 atom stereocenters. The molecule has 0 aliphatic carbocycles. The van der Waals surface area contributed by atoms with Crippen molar-refractivity contribution < 1.29 is 9.59 Å². The predicted molar refractivity (Wildman–Crippen MR) is 92.1 cm³/mol. The van der Waals surface area contributed by atoms with Gasteiger partial charge in [0.1, 0.15) is 12.1 Å². The lowest BCUT2D eigenvalue weighted by molar-refractivity contribution is -0.121. The van der Waals surface area contributed by atoms with Gasteiger partial charge >= 0.3 is 0 Å². The zero-order valence-corrected chi connectivity index (χ0v) is 13.8. The van der Waals surface area contributed by atoms with E-state index in [1.54, 1.807) is 59.7 Å². The highest BCUT2D eigenvalue weighted by Gasteiger charge is 2.09. The molecule has 25 heavy (non-hydrogen) atoms. The number of carbonyl (C=O) groups excluding carboxylic acids is 2. The average Bonchev–Trinajstić information content (AvgIpc) is 3.16. The molecule has 0 spiro atoms. The van der Waals surface area contributed by atoms with Crippen molar-refractivity contribution in [2.75, 3.05) is 0 Å². The molecule has 0 aliphatic rings. The number of halogens is 1. The van der Waals surface area contributed by atoms with Gasteiger partial charge in [-0.15, -0.1) is 0 Å². The zero-order valence-electron chi connectivity index (χ0n) is 13.0. The zero-order chi connectivity index (χ0) is 17.6. The van der Waals surface area contributed by atoms with E-state index in [1.165, 1.54) is 6.20 Å². The second-order valence-corrected chi connectivity index (χ2v) is 5.62. The molecule has 2 heterocycles. The van der Waals surface area contributed by atoms with Crippen molar-refractivity contribution in [3.05, 3.63) is 77.5 Å². The first-order valence-corrected chi connectivity index (χ1v) is 7.77. The molecular formula is C17H14ClN5O2. The molecule has 0 radical (unpaired) electrons. The quantitative estimate of drug-likeness (QED) is 0.700. The molecule has 3 aromatic rings. The Hall–Kier alpha value is -3.19. The molecule has 7 nitrogen and oxygen atoms in total. The van der Waals surface area contributed by atoms with Gasteiger partial charge in [0.25, 0.3) is 5.91 Å². The minimum atomic E-state index is -0.450. The van der Waals surface area contributed by atoms with Gasteiger partial charge in [-0.2, -0.15) is 0 Å². The van der Waals surface area contributed by atoms with Crippen molar-refractivity contribution >= 4 is 23.4 Å². The van der Waals surface area contributed by atoms with Gasteiger partial charge in [0.15, 0.2) is 0 Å². The summed E-state index contributed by atoms with van der Waals surface area (Å²) in [6.07, 6.45) is 6.56. The van der Waals surface area contributed by atoms with Crippen LogP contribution in [0, 0.1) is 0 Å². The summed E-state index contributed by atoms with van der Waals surface area (Å²) in [6.45, 7) is 0. The van der Waals surface area contributed by atoms with Crippen LogP contribution >= 0.6 is 11.6 Å². The third-order valence-corrected chi connectivity index (χ3v) is 3.62. The van der Waals surface area contributed by atoms with E-state index < -0.39 is 5.91 Å². The van der Waals surface area contributed by atoms with Crippen LogP contribution in [0.25, 0.3) is 5.82 Å². The standard InChI is InChI=1S/C17H14ClN5O2/c18-14-4-1-12(2-5-14)9-16(24)21-22-17(25)13-3-6-15(20-10-13)23-8-7-19-11-23/h1-8,10-11H,9H2,(H,21,24)(H,22,25). The van der Waals surface area contributed by atoms with Gasteiger partial charge in [0.05, 0.1) is 12.0 Å². The Morgan fingerprint density at radius 1 is 1.08 bits per heavy atom. The molecule has 2 aromatic heterocycles. The number of aromatic nitrogens is 3. The van der Waals surface area contributed by atoms with Crippen LogP contribution in [0.15, 0.2) is 61.3 Å². The summed E-state index contributed by atoms with van der Waals surface area (Å²) in [5, 5.41) is 0.601. The minimum Gasteiger partial charge on any atom is -0.291 e. The largest absolute Gasteiger partial charge is 0.291 e. The molecule has 0 aliphatic heterocycles. The molecule has 0 unspecified atom stereocenters. The number of amides is 2. The van der Waals surface area contributed by atoms with Crippen LogP contribution in [0.1, 0.15) is 15.9 Å². The molecule has 2 N–H and O–H groups in total. The van der Waals surface area contributed by atoms with Crippen molar-refractivity contribution in [1.82, 2.24) is 25.4 Å². The van der Waals surface area contributed by atoms with Crippen LogP contribution in [0.2, 0.25) is 5.02 Å². The number of carbonyl (C=O) groups is 2. The van der Waals surface area contributed by atoms with Crippen LogP contribution in [0.3, 0.4) is 0 Å².